The maximum Gasteiger partial charge on any atom is 0.244 e. The fourth-order valence-electron chi connectivity index (χ4n) is 2.65. The minimum absolute atomic E-state index is 0.180. The summed E-state index contributed by atoms with van der Waals surface area (Å²) < 4.78 is 30.3. The molecule has 0 radical (unpaired) electrons. The Kier molecular flexibility index (Phi) is 5.42. The Labute approximate surface area is 165 Å². The van der Waals surface area contributed by atoms with Gasteiger partial charge in [0, 0.05) is 17.0 Å². The van der Waals surface area contributed by atoms with Gasteiger partial charge in [-0.1, -0.05) is 62.7 Å². The zero-order valence-electron chi connectivity index (χ0n) is 15.5. The minimum atomic E-state index is -3.74. The van der Waals surface area contributed by atoms with Crippen LogP contribution in [0.15, 0.2) is 65.7 Å². The maximum absolute atomic E-state index is 13.0. The first kappa shape index (κ1) is 19.6. The van der Waals surface area contributed by atoms with Crippen molar-refractivity contribution >= 4 is 21.6 Å². The van der Waals surface area contributed by atoms with Crippen LogP contribution in [-0.2, 0) is 22.0 Å². The molecular weight excluding hydrogens is 382 g/mol. The van der Waals surface area contributed by atoms with E-state index in [2.05, 4.69) is 9.82 Å². The predicted molar refractivity (Wildman–Crippen MR) is 108 cm³/mol. The van der Waals surface area contributed by atoms with Gasteiger partial charge in [0.25, 0.3) is 0 Å². The summed E-state index contributed by atoms with van der Waals surface area (Å²) in [4.78, 5) is 0.188. The monoisotopic (exact) mass is 403 g/mol. The number of sulfonamides is 1. The molecule has 3 rings (SSSR count). The highest BCUT2D eigenvalue weighted by Gasteiger charge is 2.30. The van der Waals surface area contributed by atoms with Crippen LogP contribution in [-0.4, -0.2) is 18.2 Å². The summed E-state index contributed by atoms with van der Waals surface area (Å²) >= 11 is 5.88. The molecule has 0 amide bonds. The van der Waals surface area contributed by atoms with E-state index in [1.807, 2.05) is 51.1 Å². The Morgan fingerprint density at radius 1 is 1.04 bits per heavy atom. The van der Waals surface area contributed by atoms with Crippen LogP contribution in [0.5, 0.6) is 0 Å². The van der Waals surface area contributed by atoms with E-state index >= 15 is 0 Å². The van der Waals surface area contributed by atoms with E-state index in [0.29, 0.717) is 10.7 Å². The van der Waals surface area contributed by atoms with Gasteiger partial charge >= 0.3 is 0 Å². The molecule has 5 nitrogen and oxygen atoms in total. The lowest BCUT2D eigenvalue weighted by atomic mass is 9.92. The van der Waals surface area contributed by atoms with Crippen LogP contribution in [0.1, 0.15) is 32.0 Å². The van der Waals surface area contributed by atoms with E-state index < -0.39 is 15.4 Å². The molecule has 2 aromatic carbocycles. The summed E-state index contributed by atoms with van der Waals surface area (Å²) in [7, 11) is -3.74. The maximum atomic E-state index is 13.0. The molecule has 7 heteroatoms. The van der Waals surface area contributed by atoms with Gasteiger partial charge in [0.15, 0.2) is 0 Å². The topological polar surface area (TPSA) is 64.0 Å². The molecule has 1 heterocycles. The number of hydrogen-bond acceptors (Lipinski definition) is 3. The van der Waals surface area contributed by atoms with Crippen LogP contribution >= 0.6 is 11.6 Å². The van der Waals surface area contributed by atoms with Gasteiger partial charge < -0.3 is 0 Å². The number of benzene rings is 2. The summed E-state index contributed by atoms with van der Waals surface area (Å²) in [5.74, 6) is 0. The number of aromatic nitrogens is 2. The molecule has 0 fully saturated rings. The molecule has 1 N–H and O–H groups in total. The third kappa shape index (κ3) is 4.58. The first-order valence-electron chi connectivity index (χ1n) is 8.56. The van der Waals surface area contributed by atoms with Gasteiger partial charge in [-0.2, -0.15) is 5.10 Å². The van der Waals surface area contributed by atoms with Crippen LogP contribution < -0.4 is 4.72 Å². The molecule has 0 unspecified atom stereocenters. The number of nitrogens with zero attached hydrogens (tertiary/aromatic N) is 2. The fourth-order valence-corrected chi connectivity index (χ4v) is 4.12. The van der Waals surface area contributed by atoms with Gasteiger partial charge in [-0.15, -0.1) is 0 Å². The van der Waals surface area contributed by atoms with Crippen LogP contribution in [0.4, 0.5) is 0 Å². The Hall–Kier alpha value is -2.15. The van der Waals surface area contributed by atoms with Crippen molar-refractivity contribution in [2.45, 2.75) is 37.6 Å². The molecule has 0 atom stereocenters. The van der Waals surface area contributed by atoms with Gasteiger partial charge in [-0.3, -0.25) is 0 Å². The first-order chi connectivity index (χ1) is 12.7. The largest absolute Gasteiger partial charge is 0.244 e. The van der Waals surface area contributed by atoms with E-state index in [9.17, 15) is 8.42 Å². The molecule has 0 saturated carbocycles. The minimum Gasteiger partial charge on any atom is -0.239 e. The molecule has 0 aliphatic rings. The fraction of sp³-hybridized carbons (Fsp3) is 0.250. The van der Waals surface area contributed by atoms with E-state index in [1.165, 1.54) is 0 Å². The van der Waals surface area contributed by atoms with Gasteiger partial charge in [-0.05, 0) is 29.8 Å². The highest BCUT2D eigenvalue weighted by atomic mass is 35.5. The van der Waals surface area contributed by atoms with E-state index in [-0.39, 0.29) is 11.4 Å². The summed E-state index contributed by atoms with van der Waals surface area (Å²) in [5, 5.41) is 5.18. The van der Waals surface area contributed by atoms with E-state index in [0.717, 1.165) is 11.3 Å². The molecule has 0 spiro atoms. The van der Waals surface area contributed by atoms with Crippen LogP contribution in [0.2, 0.25) is 5.02 Å². The zero-order valence-corrected chi connectivity index (χ0v) is 17.1. The molecule has 0 bridgehead atoms. The molecule has 3 aromatic rings. The zero-order chi connectivity index (χ0) is 19.7. The molecule has 0 saturated heterocycles. The SMILES string of the molecule is CC(C)(C)c1nn(-c2ccccc2)cc1S(=O)(=O)NCc1ccc(Cl)cc1. The van der Waals surface area contributed by atoms with Crippen LogP contribution in [0, 0.1) is 0 Å². The second-order valence-electron chi connectivity index (χ2n) is 7.32. The van der Waals surface area contributed by atoms with Crippen molar-refractivity contribution in [3.05, 3.63) is 77.1 Å². The lowest BCUT2D eigenvalue weighted by Gasteiger charge is -2.17. The molecule has 1 aromatic heterocycles. The normalized spacial score (nSPS) is 12.3. The summed E-state index contributed by atoms with van der Waals surface area (Å²) in [6, 6.07) is 16.5. The molecular formula is C20H22ClN3O2S. The van der Waals surface area contributed by atoms with Gasteiger partial charge in [0.2, 0.25) is 10.0 Å². The van der Waals surface area contributed by atoms with Gasteiger partial charge in [0.05, 0.1) is 17.6 Å². The highest BCUT2D eigenvalue weighted by Crippen LogP contribution is 2.28. The third-order valence-corrected chi connectivity index (χ3v) is 5.74. The standard InChI is InChI=1S/C20H22ClN3O2S/c1-20(2,3)19-18(14-24(23-19)17-7-5-4-6-8-17)27(25,26)22-13-15-9-11-16(21)12-10-15/h4-12,14,22H,13H2,1-3H3. The second kappa shape index (κ2) is 7.46. The van der Waals surface area contributed by atoms with Gasteiger partial charge in [0.1, 0.15) is 4.90 Å². The van der Waals surface area contributed by atoms with E-state index in [4.69, 9.17) is 11.6 Å². The summed E-state index contributed by atoms with van der Waals surface area (Å²) in [6.07, 6.45) is 1.57. The Bertz CT molecular complexity index is 1020. The van der Waals surface area contributed by atoms with Crippen molar-refractivity contribution < 1.29 is 8.42 Å². The molecule has 0 aliphatic carbocycles. The smallest absolute Gasteiger partial charge is 0.239 e. The van der Waals surface area contributed by atoms with Crippen molar-refractivity contribution in [1.29, 1.82) is 0 Å². The average molecular weight is 404 g/mol. The second-order valence-corrected chi connectivity index (χ2v) is 9.49. The number of para-hydroxylation sites is 1. The van der Waals surface area contributed by atoms with Gasteiger partial charge in [-0.25, -0.2) is 17.8 Å². The van der Waals surface area contributed by atoms with E-state index in [1.54, 1.807) is 35.1 Å². The number of nitrogens with one attached hydrogen (secondary N) is 1. The lowest BCUT2D eigenvalue weighted by Crippen LogP contribution is -2.26. The quantitative estimate of drug-likeness (QED) is 0.690. The Morgan fingerprint density at radius 3 is 2.26 bits per heavy atom. The van der Waals surface area contributed by atoms with Crippen molar-refractivity contribution in [2.24, 2.45) is 0 Å². The Balaban J connectivity index is 1.95. The van der Waals surface area contributed by atoms with Crippen molar-refractivity contribution in [1.82, 2.24) is 14.5 Å². The van der Waals surface area contributed by atoms with Crippen molar-refractivity contribution in [3.63, 3.8) is 0 Å². The summed E-state index contributed by atoms with van der Waals surface area (Å²) in [6.45, 7) is 6.02. The molecule has 0 aliphatic heterocycles. The van der Waals surface area contributed by atoms with Crippen LogP contribution in [0.25, 0.3) is 5.69 Å². The van der Waals surface area contributed by atoms with Crippen molar-refractivity contribution in [2.75, 3.05) is 0 Å². The third-order valence-electron chi connectivity index (χ3n) is 4.08. The summed E-state index contributed by atoms with van der Waals surface area (Å²) in [5.41, 5.74) is 1.73. The first-order valence-corrected chi connectivity index (χ1v) is 10.4. The predicted octanol–water partition coefficient (Wildman–Crippen LogP) is 4.30. The van der Waals surface area contributed by atoms with Crippen LogP contribution in [0.3, 0.4) is 0 Å². The number of halogens is 1. The molecule has 27 heavy (non-hydrogen) atoms. The van der Waals surface area contributed by atoms with Crippen molar-refractivity contribution in [3.8, 4) is 5.69 Å². The molecule has 142 valence electrons. The number of hydrogen-bond donors (Lipinski definition) is 1. The lowest BCUT2D eigenvalue weighted by molar-refractivity contribution is 0.539. The highest BCUT2D eigenvalue weighted by molar-refractivity contribution is 7.89. The Morgan fingerprint density at radius 2 is 1.67 bits per heavy atom. The number of rotatable bonds is 5. The average Bonchev–Trinajstić information content (AvgIpc) is 3.09.